The maximum atomic E-state index is 12.3. The number of nitrogens with one attached hydrogen (secondary N) is 3. The molecule has 9 heteroatoms. The van der Waals surface area contributed by atoms with Gasteiger partial charge < -0.3 is 10.3 Å². The standard InChI is InChI=1S/C21H22N8O/c1-13-16(5-8-23-12-15-3-6-22-7-4-15)14(2)26-18(13)11-17-19(27-29-21(17)30)20-24-9-10-25-28-20/h3-4,6-7,9-11,23,26H,5,8,12H2,1-2H3,(H,29,30). The van der Waals surface area contributed by atoms with E-state index in [1.54, 1.807) is 18.5 Å². The lowest BCUT2D eigenvalue weighted by Crippen LogP contribution is -2.17. The van der Waals surface area contributed by atoms with Crippen LogP contribution in [0.1, 0.15) is 33.9 Å². The fourth-order valence-electron chi connectivity index (χ4n) is 3.42. The van der Waals surface area contributed by atoms with Crippen LogP contribution in [0.25, 0.3) is 6.08 Å². The number of nitrogens with zero attached hydrogens (tertiary/aromatic N) is 5. The zero-order chi connectivity index (χ0) is 20.9. The first kappa shape index (κ1) is 19.6. The Morgan fingerprint density at radius 2 is 1.97 bits per heavy atom. The molecule has 0 saturated heterocycles. The van der Waals surface area contributed by atoms with Gasteiger partial charge in [-0.1, -0.05) is 0 Å². The summed E-state index contributed by atoms with van der Waals surface area (Å²) in [6.45, 7) is 5.74. The van der Waals surface area contributed by atoms with Crippen LogP contribution < -0.4 is 10.7 Å². The fraction of sp³-hybridized carbons (Fsp3) is 0.238. The quantitative estimate of drug-likeness (QED) is 0.406. The predicted molar refractivity (Wildman–Crippen MR) is 112 cm³/mol. The molecule has 152 valence electrons. The Hall–Kier alpha value is -3.72. The number of carbonyl (C=O) groups is 1. The van der Waals surface area contributed by atoms with E-state index in [2.05, 4.69) is 47.9 Å². The van der Waals surface area contributed by atoms with Gasteiger partial charge in [0.15, 0.2) is 0 Å². The van der Waals surface area contributed by atoms with Gasteiger partial charge in [-0.3, -0.25) is 9.78 Å². The largest absolute Gasteiger partial charge is 0.359 e. The number of hydrogen-bond acceptors (Lipinski definition) is 7. The van der Waals surface area contributed by atoms with E-state index in [9.17, 15) is 4.79 Å². The van der Waals surface area contributed by atoms with Crippen LogP contribution >= 0.6 is 0 Å². The number of hydrazone groups is 1. The maximum absolute atomic E-state index is 12.3. The summed E-state index contributed by atoms with van der Waals surface area (Å²) in [4.78, 5) is 23.9. The number of carbonyl (C=O) groups excluding carboxylic acids is 1. The Bertz CT molecular complexity index is 1100. The van der Waals surface area contributed by atoms with Gasteiger partial charge in [-0.2, -0.15) is 10.2 Å². The molecule has 0 atom stereocenters. The van der Waals surface area contributed by atoms with Gasteiger partial charge in [0.05, 0.1) is 11.8 Å². The highest BCUT2D eigenvalue weighted by Crippen LogP contribution is 2.22. The third kappa shape index (κ3) is 4.15. The Morgan fingerprint density at radius 1 is 1.13 bits per heavy atom. The van der Waals surface area contributed by atoms with Gasteiger partial charge in [0.25, 0.3) is 5.91 Å². The molecule has 0 unspecified atom stereocenters. The lowest BCUT2D eigenvalue weighted by molar-refractivity contribution is -0.116. The first-order valence-electron chi connectivity index (χ1n) is 9.65. The summed E-state index contributed by atoms with van der Waals surface area (Å²) in [7, 11) is 0. The van der Waals surface area contributed by atoms with Crippen LogP contribution in [-0.2, 0) is 17.8 Å². The van der Waals surface area contributed by atoms with Crippen molar-refractivity contribution in [3.63, 3.8) is 0 Å². The van der Waals surface area contributed by atoms with Crippen molar-refractivity contribution < 1.29 is 4.79 Å². The Kier molecular flexibility index (Phi) is 5.71. The molecule has 4 heterocycles. The summed E-state index contributed by atoms with van der Waals surface area (Å²) in [5.74, 6) is 0.0215. The molecule has 3 aromatic heterocycles. The van der Waals surface area contributed by atoms with Crippen molar-refractivity contribution in [3.05, 3.63) is 76.4 Å². The van der Waals surface area contributed by atoms with Crippen molar-refractivity contribution in [2.24, 2.45) is 5.10 Å². The van der Waals surface area contributed by atoms with Crippen LogP contribution in [0.4, 0.5) is 0 Å². The second-order valence-corrected chi connectivity index (χ2v) is 6.98. The number of pyridine rings is 1. The minimum atomic E-state index is -0.287. The van der Waals surface area contributed by atoms with Crippen molar-refractivity contribution in [2.75, 3.05) is 6.54 Å². The van der Waals surface area contributed by atoms with E-state index in [1.165, 1.54) is 23.5 Å². The molecule has 4 rings (SSSR count). The molecule has 30 heavy (non-hydrogen) atoms. The van der Waals surface area contributed by atoms with E-state index in [1.807, 2.05) is 19.1 Å². The van der Waals surface area contributed by atoms with E-state index in [4.69, 9.17) is 0 Å². The van der Waals surface area contributed by atoms with Crippen molar-refractivity contribution in [2.45, 2.75) is 26.8 Å². The molecule has 9 nitrogen and oxygen atoms in total. The molecule has 1 aliphatic rings. The Balaban J connectivity index is 1.49. The second-order valence-electron chi connectivity index (χ2n) is 6.98. The summed E-state index contributed by atoms with van der Waals surface area (Å²) in [6, 6.07) is 4.00. The van der Waals surface area contributed by atoms with E-state index in [0.717, 1.165) is 36.5 Å². The van der Waals surface area contributed by atoms with Crippen LogP contribution in [0.15, 0.2) is 47.6 Å². The van der Waals surface area contributed by atoms with Gasteiger partial charge in [0, 0.05) is 36.5 Å². The lowest BCUT2D eigenvalue weighted by Gasteiger charge is -2.06. The van der Waals surface area contributed by atoms with Crippen molar-refractivity contribution in [1.29, 1.82) is 0 Å². The second kappa shape index (κ2) is 8.75. The van der Waals surface area contributed by atoms with Crippen molar-refractivity contribution in [1.82, 2.24) is 35.9 Å². The van der Waals surface area contributed by atoms with Crippen LogP contribution in [0.5, 0.6) is 0 Å². The Morgan fingerprint density at radius 3 is 2.73 bits per heavy atom. The first-order chi connectivity index (χ1) is 14.6. The summed E-state index contributed by atoms with van der Waals surface area (Å²) in [5.41, 5.74) is 8.79. The highest BCUT2D eigenvalue weighted by atomic mass is 16.2. The average Bonchev–Trinajstić information content (AvgIpc) is 3.26. The molecule has 0 aromatic carbocycles. The number of aromatic amines is 1. The average molecular weight is 402 g/mol. The van der Waals surface area contributed by atoms with Gasteiger partial charge in [-0.25, -0.2) is 10.4 Å². The monoisotopic (exact) mass is 402 g/mol. The topological polar surface area (TPSA) is 121 Å². The summed E-state index contributed by atoms with van der Waals surface area (Å²) in [6.07, 6.45) is 9.27. The molecule has 0 spiro atoms. The molecule has 0 aliphatic carbocycles. The SMILES string of the molecule is Cc1[nH]c(C=C2C(=O)NN=C2c2nccnn2)c(C)c1CCNCc1ccncc1. The molecule has 3 aromatic rings. The van der Waals surface area contributed by atoms with Crippen molar-refractivity contribution >= 4 is 17.7 Å². The van der Waals surface area contributed by atoms with E-state index in [0.29, 0.717) is 17.1 Å². The minimum absolute atomic E-state index is 0.287. The van der Waals surface area contributed by atoms with Gasteiger partial charge in [0.2, 0.25) is 5.82 Å². The van der Waals surface area contributed by atoms with Gasteiger partial charge in [0.1, 0.15) is 5.71 Å². The molecule has 3 N–H and O–H groups in total. The molecule has 1 aliphatic heterocycles. The zero-order valence-electron chi connectivity index (χ0n) is 16.8. The predicted octanol–water partition coefficient (Wildman–Crippen LogP) is 1.46. The number of H-pyrrole nitrogens is 1. The van der Waals surface area contributed by atoms with E-state index in [-0.39, 0.29) is 5.91 Å². The highest BCUT2D eigenvalue weighted by molar-refractivity contribution is 6.32. The third-order valence-corrected chi connectivity index (χ3v) is 5.01. The minimum Gasteiger partial charge on any atom is -0.359 e. The number of amides is 1. The van der Waals surface area contributed by atoms with Gasteiger partial charge >= 0.3 is 0 Å². The van der Waals surface area contributed by atoms with E-state index < -0.39 is 0 Å². The molecule has 1 amide bonds. The number of aryl methyl sites for hydroxylation is 1. The molecule has 0 bridgehead atoms. The zero-order valence-corrected chi connectivity index (χ0v) is 16.8. The van der Waals surface area contributed by atoms with Gasteiger partial charge in [-0.15, -0.1) is 5.10 Å². The molecule has 0 fully saturated rings. The molecular weight excluding hydrogens is 380 g/mol. The van der Waals surface area contributed by atoms with Crippen LogP contribution in [0.3, 0.4) is 0 Å². The number of hydrogen-bond donors (Lipinski definition) is 3. The van der Waals surface area contributed by atoms with Crippen LogP contribution in [0, 0.1) is 13.8 Å². The first-order valence-corrected chi connectivity index (χ1v) is 9.65. The fourth-order valence-corrected chi connectivity index (χ4v) is 3.42. The number of rotatable bonds is 7. The number of aromatic nitrogens is 5. The van der Waals surface area contributed by atoms with Crippen molar-refractivity contribution in [3.8, 4) is 0 Å². The molecule has 0 radical (unpaired) electrons. The lowest BCUT2D eigenvalue weighted by atomic mass is 10.0. The highest BCUT2D eigenvalue weighted by Gasteiger charge is 2.27. The Labute approximate surface area is 173 Å². The van der Waals surface area contributed by atoms with E-state index >= 15 is 0 Å². The van der Waals surface area contributed by atoms with Crippen LogP contribution in [-0.4, -0.2) is 43.3 Å². The van der Waals surface area contributed by atoms with Crippen LogP contribution in [0.2, 0.25) is 0 Å². The normalized spacial score (nSPS) is 14.8. The summed E-state index contributed by atoms with van der Waals surface area (Å²) < 4.78 is 0. The summed E-state index contributed by atoms with van der Waals surface area (Å²) >= 11 is 0. The molecular formula is C21H22N8O. The molecule has 0 saturated carbocycles. The maximum Gasteiger partial charge on any atom is 0.273 e. The summed E-state index contributed by atoms with van der Waals surface area (Å²) in [5, 5.41) is 15.3. The third-order valence-electron chi connectivity index (χ3n) is 5.01. The van der Waals surface area contributed by atoms with Gasteiger partial charge in [-0.05, 0) is 61.7 Å². The smallest absolute Gasteiger partial charge is 0.273 e.